The third-order valence-electron chi connectivity index (χ3n) is 8.92. The van der Waals surface area contributed by atoms with Gasteiger partial charge in [-0.15, -0.1) is 0 Å². The first-order valence-corrected chi connectivity index (χ1v) is 13.9. The van der Waals surface area contributed by atoms with Crippen molar-refractivity contribution in [2.45, 2.75) is 111 Å². The van der Waals surface area contributed by atoms with Crippen molar-refractivity contribution < 1.29 is 28.8 Å². The van der Waals surface area contributed by atoms with Gasteiger partial charge in [-0.05, 0) is 56.3 Å². The van der Waals surface area contributed by atoms with Crippen LogP contribution >= 0.6 is 0 Å². The fraction of sp³-hybridized carbons (Fsp3) is 0.767. The minimum atomic E-state index is -0.856. The van der Waals surface area contributed by atoms with Crippen molar-refractivity contribution in [2.75, 3.05) is 13.2 Å². The molecule has 0 aromatic heterocycles. The maximum atomic E-state index is 12.0. The van der Waals surface area contributed by atoms with Gasteiger partial charge in [-0.2, -0.15) is 0 Å². The molecule has 1 aliphatic heterocycles. The van der Waals surface area contributed by atoms with Crippen LogP contribution in [-0.4, -0.2) is 49.1 Å². The average molecular weight is 505 g/mol. The summed E-state index contributed by atoms with van der Waals surface area (Å²) in [6.07, 6.45) is 10.1. The van der Waals surface area contributed by atoms with E-state index in [1.165, 1.54) is 6.92 Å². The van der Waals surface area contributed by atoms with Crippen LogP contribution in [0, 0.1) is 22.7 Å². The Morgan fingerprint density at radius 2 is 1.89 bits per heavy atom. The van der Waals surface area contributed by atoms with Crippen LogP contribution in [0.5, 0.6) is 0 Å². The van der Waals surface area contributed by atoms with Crippen molar-refractivity contribution in [1.29, 1.82) is 0 Å². The minimum absolute atomic E-state index is 0.00849. The molecule has 204 valence electrons. The molecule has 0 aromatic carbocycles. The average Bonchev–Trinajstić information content (AvgIpc) is 3.12. The molecule has 2 fully saturated rings. The molecule has 8 atom stereocenters. The SMILES string of the molecule is C=C/C(C)=C/C[C@]1(C)[C@H](C)[C@@H](OCCCC)C[C@@]23C(=C[C@H](O)C[C@@H]12)[C@@H](OC(C)=O)O[C@@H]3OCCCC. The Morgan fingerprint density at radius 1 is 1.22 bits per heavy atom. The van der Waals surface area contributed by atoms with Crippen molar-refractivity contribution >= 4 is 5.97 Å². The summed E-state index contributed by atoms with van der Waals surface area (Å²) in [5.41, 5.74) is 1.23. The zero-order valence-electron chi connectivity index (χ0n) is 23.3. The summed E-state index contributed by atoms with van der Waals surface area (Å²) < 4.78 is 25.1. The Kier molecular flexibility index (Phi) is 10.0. The van der Waals surface area contributed by atoms with Gasteiger partial charge in [0.05, 0.1) is 17.6 Å². The zero-order valence-corrected chi connectivity index (χ0v) is 23.3. The number of hydrogen-bond acceptors (Lipinski definition) is 6. The number of esters is 1. The van der Waals surface area contributed by atoms with Crippen LogP contribution < -0.4 is 0 Å². The van der Waals surface area contributed by atoms with E-state index in [0.29, 0.717) is 19.6 Å². The van der Waals surface area contributed by atoms with Gasteiger partial charge in [-0.3, -0.25) is 4.79 Å². The maximum Gasteiger partial charge on any atom is 0.305 e. The molecule has 0 unspecified atom stereocenters. The summed E-state index contributed by atoms with van der Waals surface area (Å²) in [5, 5.41) is 11.0. The van der Waals surface area contributed by atoms with E-state index in [1.807, 2.05) is 12.2 Å². The van der Waals surface area contributed by atoms with Gasteiger partial charge in [0.2, 0.25) is 6.29 Å². The van der Waals surface area contributed by atoms with Gasteiger partial charge in [-0.25, -0.2) is 0 Å². The molecule has 0 aromatic rings. The normalized spacial score (nSPS) is 38.2. The molecule has 1 saturated carbocycles. The second-order valence-corrected chi connectivity index (χ2v) is 11.3. The molecule has 0 amide bonds. The molecule has 0 radical (unpaired) electrons. The molecule has 1 spiro atoms. The topological polar surface area (TPSA) is 74.2 Å². The summed E-state index contributed by atoms with van der Waals surface area (Å²) in [5.74, 6) is -0.106. The Hall–Kier alpha value is -1.47. The van der Waals surface area contributed by atoms with Crippen molar-refractivity contribution in [3.8, 4) is 0 Å². The first kappa shape index (κ1) is 29.1. The third kappa shape index (κ3) is 5.67. The van der Waals surface area contributed by atoms with Gasteiger partial charge in [0.15, 0.2) is 6.29 Å². The zero-order chi connectivity index (χ0) is 26.5. The summed E-state index contributed by atoms with van der Waals surface area (Å²) >= 11 is 0. The molecule has 2 aliphatic carbocycles. The highest BCUT2D eigenvalue weighted by Gasteiger charge is 2.68. The van der Waals surface area contributed by atoms with Crippen LogP contribution in [-0.2, 0) is 23.7 Å². The first-order valence-electron chi connectivity index (χ1n) is 13.9. The van der Waals surface area contributed by atoms with Gasteiger partial charge in [-0.1, -0.05) is 70.9 Å². The van der Waals surface area contributed by atoms with E-state index in [0.717, 1.165) is 49.7 Å². The number of ether oxygens (including phenoxy) is 4. The second-order valence-electron chi connectivity index (χ2n) is 11.3. The fourth-order valence-electron chi connectivity index (χ4n) is 6.59. The summed E-state index contributed by atoms with van der Waals surface area (Å²) in [6, 6.07) is 0. The Bertz CT molecular complexity index is 833. The molecule has 3 aliphatic rings. The number of hydrogen-bond donors (Lipinski definition) is 1. The smallest absolute Gasteiger partial charge is 0.305 e. The van der Waals surface area contributed by atoms with Gasteiger partial charge < -0.3 is 24.1 Å². The molecule has 6 heteroatoms. The molecular weight excluding hydrogens is 456 g/mol. The van der Waals surface area contributed by atoms with Gasteiger partial charge in [0.1, 0.15) is 0 Å². The predicted octanol–water partition coefficient (Wildman–Crippen LogP) is 6.10. The Morgan fingerprint density at radius 3 is 2.50 bits per heavy atom. The molecule has 3 rings (SSSR count). The van der Waals surface area contributed by atoms with Crippen molar-refractivity contribution in [3.63, 3.8) is 0 Å². The van der Waals surface area contributed by atoms with Crippen LogP contribution in [0.15, 0.2) is 36.0 Å². The summed E-state index contributed by atoms with van der Waals surface area (Å²) in [7, 11) is 0. The quantitative estimate of drug-likeness (QED) is 0.150. The van der Waals surface area contributed by atoms with Crippen molar-refractivity contribution in [2.24, 2.45) is 22.7 Å². The van der Waals surface area contributed by atoms with Crippen LogP contribution in [0.1, 0.15) is 86.5 Å². The lowest BCUT2D eigenvalue weighted by Crippen LogP contribution is -2.61. The highest BCUT2D eigenvalue weighted by Crippen LogP contribution is 2.67. The number of aliphatic hydroxyl groups excluding tert-OH is 1. The number of unbranched alkanes of at least 4 members (excludes halogenated alkanes) is 2. The Labute approximate surface area is 218 Å². The van der Waals surface area contributed by atoms with E-state index in [9.17, 15) is 9.90 Å². The van der Waals surface area contributed by atoms with Crippen LogP contribution in [0.2, 0.25) is 0 Å². The molecule has 6 nitrogen and oxygen atoms in total. The number of carbonyl (C=O) groups excluding carboxylic acids is 1. The Balaban J connectivity index is 2.13. The fourth-order valence-corrected chi connectivity index (χ4v) is 6.59. The van der Waals surface area contributed by atoms with E-state index in [1.54, 1.807) is 0 Å². The third-order valence-corrected chi connectivity index (χ3v) is 8.92. The number of aliphatic hydroxyl groups is 1. The number of rotatable bonds is 12. The summed E-state index contributed by atoms with van der Waals surface area (Å²) in [4.78, 5) is 12.0. The van der Waals surface area contributed by atoms with Crippen molar-refractivity contribution in [1.82, 2.24) is 0 Å². The van der Waals surface area contributed by atoms with E-state index in [2.05, 4.69) is 47.3 Å². The van der Waals surface area contributed by atoms with E-state index >= 15 is 0 Å². The number of allylic oxidation sites excluding steroid dienone is 3. The summed E-state index contributed by atoms with van der Waals surface area (Å²) in [6.45, 7) is 17.6. The standard InChI is InChI=1S/C30H48O6/c1-8-11-15-33-25-19-30-24(27(35-22(6)31)36-28(30)34-16-12-9-2)17-23(32)18-26(30)29(7,21(25)5)14-13-20(4)10-3/h10,13,17,21,23,25-28,32H,3,8-9,11-12,14-16,18-19H2,1-2,4-7H3/b20-13+/t21-,23+,25+,26+,27+,28+,29-,30-/m1/s1. The van der Waals surface area contributed by atoms with Gasteiger partial charge in [0.25, 0.3) is 0 Å². The van der Waals surface area contributed by atoms with Crippen molar-refractivity contribution in [3.05, 3.63) is 36.0 Å². The molecule has 1 heterocycles. The van der Waals surface area contributed by atoms with Crippen LogP contribution in [0.4, 0.5) is 0 Å². The molecule has 0 bridgehead atoms. The first-order chi connectivity index (χ1) is 17.1. The predicted molar refractivity (Wildman–Crippen MR) is 141 cm³/mol. The monoisotopic (exact) mass is 504 g/mol. The van der Waals surface area contributed by atoms with E-state index < -0.39 is 30.1 Å². The molecule has 1 saturated heterocycles. The maximum absolute atomic E-state index is 12.0. The largest absolute Gasteiger partial charge is 0.432 e. The van der Waals surface area contributed by atoms with Crippen LogP contribution in [0.25, 0.3) is 0 Å². The molecular formula is C30H48O6. The molecule has 1 N–H and O–H groups in total. The highest BCUT2D eigenvalue weighted by molar-refractivity contribution is 5.66. The van der Waals surface area contributed by atoms with Gasteiger partial charge in [0, 0.05) is 25.7 Å². The highest BCUT2D eigenvalue weighted by atomic mass is 16.8. The molecule has 36 heavy (non-hydrogen) atoms. The van der Waals surface area contributed by atoms with Crippen LogP contribution in [0.3, 0.4) is 0 Å². The lowest BCUT2D eigenvalue weighted by Gasteiger charge is -2.60. The van der Waals surface area contributed by atoms with Gasteiger partial charge >= 0.3 is 5.97 Å². The lowest BCUT2D eigenvalue weighted by atomic mass is 9.45. The lowest BCUT2D eigenvalue weighted by molar-refractivity contribution is -0.253. The van der Waals surface area contributed by atoms with E-state index in [-0.39, 0.29) is 23.4 Å². The number of carbonyl (C=O) groups is 1. The van der Waals surface area contributed by atoms with E-state index in [4.69, 9.17) is 18.9 Å². The minimum Gasteiger partial charge on any atom is -0.432 e. The second kappa shape index (κ2) is 12.4.